The second kappa shape index (κ2) is 7.74. The van der Waals surface area contributed by atoms with Gasteiger partial charge in [-0.1, -0.05) is 6.07 Å². The van der Waals surface area contributed by atoms with E-state index in [1.165, 1.54) is 24.1 Å². The molecule has 1 atom stereocenters. The number of hydrogen-bond acceptors (Lipinski definition) is 5. The van der Waals surface area contributed by atoms with Gasteiger partial charge in [-0.2, -0.15) is 9.79 Å². The minimum atomic E-state index is -0.215. The maximum Gasteiger partial charge on any atom is 0.183 e. The fourth-order valence-electron chi connectivity index (χ4n) is 4.26. The van der Waals surface area contributed by atoms with Gasteiger partial charge in [0.1, 0.15) is 0 Å². The maximum atomic E-state index is 11.6. The third-order valence-electron chi connectivity index (χ3n) is 5.64. The number of nitrogens with zero attached hydrogens (tertiary/aromatic N) is 2. The minimum absolute atomic E-state index is 0.215. The van der Waals surface area contributed by atoms with E-state index in [1.807, 2.05) is 18.2 Å². The zero-order valence-electron chi connectivity index (χ0n) is 15.6. The van der Waals surface area contributed by atoms with Gasteiger partial charge in [0.05, 0.1) is 19.3 Å². The molecule has 2 aliphatic rings. The van der Waals surface area contributed by atoms with Crippen molar-refractivity contribution < 1.29 is 19.4 Å². The summed E-state index contributed by atoms with van der Waals surface area (Å²) in [5.74, 6) is 1.58. The second-order valence-electron chi connectivity index (χ2n) is 7.39. The molecule has 2 heterocycles. The predicted molar refractivity (Wildman–Crippen MR) is 99.9 cm³/mol. The Bertz CT molecular complexity index is 805. The first-order valence-corrected chi connectivity index (χ1v) is 9.65. The summed E-state index contributed by atoms with van der Waals surface area (Å²) in [6, 6.07) is 7.37. The number of methoxy groups -OCH3 is 1. The zero-order valence-corrected chi connectivity index (χ0v) is 15.6. The number of fused-ring (bicyclic) bond motifs is 1. The molecule has 1 N–H and O–H groups in total. The van der Waals surface area contributed by atoms with E-state index in [9.17, 15) is 10.4 Å². The van der Waals surface area contributed by atoms with E-state index < -0.39 is 0 Å². The third kappa shape index (κ3) is 3.73. The van der Waals surface area contributed by atoms with E-state index in [4.69, 9.17) is 9.47 Å². The fourth-order valence-corrected chi connectivity index (χ4v) is 4.26. The van der Waals surface area contributed by atoms with E-state index >= 15 is 0 Å². The summed E-state index contributed by atoms with van der Waals surface area (Å²) >= 11 is 0. The number of pyridine rings is 1. The lowest BCUT2D eigenvalue weighted by atomic mass is 9.89. The fraction of sp³-hybridized carbons (Fsp3) is 0.476. The first-order valence-electron chi connectivity index (χ1n) is 9.65. The van der Waals surface area contributed by atoms with Gasteiger partial charge < -0.3 is 19.9 Å². The van der Waals surface area contributed by atoms with Crippen LogP contribution < -0.4 is 14.2 Å². The molecule has 1 saturated carbocycles. The zero-order chi connectivity index (χ0) is 18.8. The van der Waals surface area contributed by atoms with Gasteiger partial charge in [-0.25, -0.2) is 0 Å². The Hall–Kier alpha value is -2.31. The van der Waals surface area contributed by atoms with Crippen LogP contribution >= 0.6 is 0 Å². The smallest absolute Gasteiger partial charge is 0.183 e. The number of hydrogen-bond donors (Lipinski definition) is 1. The molecule has 0 bridgehead atoms. The molecule has 2 aromatic rings. The third-order valence-corrected chi connectivity index (χ3v) is 5.64. The molecule has 1 aromatic carbocycles. The molecule has 144 valence electrons. The van der Waals surface area contributed by atoms with E-state index in [1.54, 1.807) is 19.4 Å². The summed E-state index contributed by atoms with van der Waals surface area (Å²) in [6.07, 6.45) is 9.10. The van der Waals surface area contributed by atoms with Crippen LogP contribution in [0.1, 0.15) is 48.4 Å². The largest absolute Gasteiger partial charge is 0.619 e. The van der Waals surface area contributed by atoms with Crippen molar-refractivity contribution >= 4 is 0 Å². The lowest BCUT2D eigenvalue weighted by Gasteiger charge is -2.34. The Morgan fingerprint density at radius 1 is 1.26 bits per heavy atom. The lowest BCUT2D eigenvalue weighted by molar-refractivity contribution is -0.605. The predicted octanol–water partition coefficient (Wildman–Crippen LogP) is 3.18. The molecule has 0 spiro atoms. The van der Waals surface area contributed by atoms with Crippen LogP contribution in [-0.4, -0.2) is 30.0 Å². The van der Waals surface area contributed by atoms with E-state index in [0.717, 1.165) is 45.8 Å². The Labute approximate surface area is 159 Å². The van der Waals surface area contributed by atoms with Crippen molar-refractivity contribution in [1.29, 1.82) is 0 Å². The maximum absolute atomic E-state index is 11.6. The van der Waals surface area contributed by atoms with Crippen molar-refractivity contribution in [2.75, 3.05) is 13.7 Å². The molecular formula is C21H26N2O4. The second-order valence-corrected chi connectivity index (χ2v) is 7.39. The van der Waals surface area contributed by atoms with Crippen LogP contribution in [0.3, 0.4) is 0 Å². The molecule has 0 radical (unpaired) electrons. The summed E-state index contributed by atoms with van der Waals surface area (Å²) < 4.78 is 12.7. The molecule has 4 rings (SSSR count). The van der Waals surface area contributed by atoms with Crippen LogP contribution in [0.5, 0.6) is 11.5 Å². The van der Waals surface area contributed by atoms with Crippen molar-refractivity contribution in [3.63, 3.8) is 0 Å². The van der Waals surface area contributed by atoms with Crippen molar-refractivity contribution in [2.24, 2.45) is 0 Å². The molecule has 6 nitrogen and oxygen atoms in total. The Balaban J connectivity index is 1.68. The Morgan fingerprint density at radius 3 is 2.81 bits per heavy atom. The molecule has 1 aliphatic carbocycles. The van der Waals surface area contributed by atoms with Crippen LogP contribution in [-0.2, 0) is 12.8 Å². The topological polar surface area (TPSA) is 68.9 Å². The summed E-state index contributed by atoms with van der Waals surface area (Å²) in [4.78, 5) is 0. The average Bonchev–Trinajstić information content (AvgIpc) is 3.17. The number of benzene rings is 1. The highest BCUT2D eigenvalue weighted by Crippen LogP contribution is 2.42. The quantitative estimate of drug-likeness (QED) is 0.647. The molecule has 1 aliphatic heterocycles. The highest BCUT2D eigenvalue weighted by Gasteiger charge is 2.31. The number of rotatable bonds is 5. The van der Waals surface area contributed by atoms with Gasteiger partial charge in [0.25, 0.3) is 0 Å². The summed E-state index contributed by atoms with van der Waals surface area (Å²) in [5, 5.41) is 23.5. The molecule has 1 aromatic heterocycles. The van der Waals surface area contributed by atoms with Gasteiger partial charge in [-0.15, -0.1) is 0 Å². The van der Waals surface area contributed by atoms with Crippen molar-refractivity contribution in [3.8, 4) is 11.5 Å². The number of ether oxygens (including phenoxy) is 2. The van der Waals surface area contributed by atoms with Crippen molar-refractivity contribution in [1.82, 2.24) is 5.06 Å². The molecular weight excluding hydrogens is 344 g/mol. The highest BCUT2D eigenvalue weighted by molar-refractivity contribution is 5.53. The van der Waals surface area contributed by atoms with Gasteiger partial charge in [0.15, 0.2) is 23.9 Å². The van der Waals surface area contributed by atoms with Crippen molar-refractivity contribution in [3.05, 3.63) is 58.6 Å². The van der Waals surface area contributed by atoms with Gasteiger partial charge in [0.2, 0.25) is 0 Å². The van der Waals surface area contributed by atoms with Gasteiger partial charge in [-0.3, -0.25) is 0 Å². The summed E-state index contributed by atoms with van der Waals surface area (Å²) in [7, 11) is 1.67. The molecule has 27 heavy (non-hydrogen) atoms. The molecule has 1 unspecified atom stereocenters. The first-order chi connectivity index (χ1) is 13.2. The van der Waals surface area contributed by atoms with Crippen LogP contribution in [0.15, 0.2) is 36.7 Å². The minimum Gasteiger partial charge on any atom is -0.619 e. The van der Waals surface area contributed by atoms with Gasteiger partial charge in [0, 0.05) is 30.2 Å². The van der Waals surface area contributed by atoms with Crippen LogP contribution in [0, 0.1) is 5.21 Å². The molecule has 1 fully saturated rings. The van der Waals surface area contributed by atoms with Crippen LogP contribution in [0.2, 0.25) is 0 Å². The van der Waals surface area contributed by atoms with Crippen LogP contribution in [0.4, 0.5) is 0 Å². The molecule has 0 saturated heterocycles. The molecule has 0 amide bonds. The first kappa shape index (κ1) is 18.1. The standard InChI is InChI=1S/C21H26N2O4/c1-26-20-9-8-17-18(21(20)27-16-6-2-3-7-16)10-12-23(25)19(17)13-15-5-4-11-22(24)14-15/h4-5,8-9,11,14,16,19,25H,2-3,6-7,10,12-13H2,1H3. The molecule has 6 heteroatoms. The lowest BCUT2D eigenvalue weighted by Crippen LogP contribution is -2.35. The normalized spacial score (nSPS) is 20.4. The van der Waals surface area contributed by atoms with Gasteiger partial charge in [-0.05, 0) is 49.8 Å². The van der Waals surface area contributed by atoms with E-state index in [2.05, 4.69) is 0 Å². The monoisotopic (exact) mass is 370 g/mol. The Kier molecular flexibility index (Phi) is 5.18. The van der Waals surface area contributed by atoms with Gasteiger partial charge >= 0.3 is 0 Å². The number of hydroxylamine groups is 2. The van der Waals surface area contributed by atoms with Crippen LogP contribution in [0.25, 0.3) is 0 Å². The van der Waals surface area contributed by atoms with E-state index in [0.29, 0.717) is 19.4 Å². The van der Waals surface area contributed by atoms with Crippen molar-refractivity contribution in [2.45, 2.75) is 50.7 Å². The van der Waals surface area contributed by atoms with E-state index in [-0.39, 0.29) is 12.1 Å². The summed E-state index contributed by atoms with van der Waals surface area (Å²) in [6.45, 7) is 0.524. The summed E-state index contributed by atoms with van der Waals surface area (Å²) in [5.41, 5.74) is 3.04. The SMILES string of the molecule is COc1ccc2c(c1OC1CCCC1)CCN(O)C2Cc1ccc[n+]([O-])c1. The highest BCUT2D eigenvalue weighted by atomic mass is 16.5. The number of aromatic nitrogens is 1. The average molecular weight is 370 g/mol. The Morgan fingerprint density at radius 2 is 2.07 bits per heavy atom.